The van der Waals surface area contributed by atoms with Crippen molar-refractivity contribution in [2.45, 2.75) is 26.1 Å². The maximum Gasteiger partial charge on any atom is 0.343 e. The standard InChI is InChI=1S/C28H29FN2O5/c1-3-16-35-24-7-5-4-6-21(24)18-30-13-12-23-27(28(33)34-2)25(17-26(32)31(23)15-14-30)36-19-20-8-10-22(29)11-9-20/h3-11,17H,1,12-16,18-19H2,2H3. The van der Waals surface area contributed by atoms with Crippen molar-refractivity contribution < 1.29 is 23.4 Å². The van der Waals surface area contributed by atoms with Gasteiger partial charge in [-0.05, 0) is 23.8 Å². The van der Waals surface area contributed by atoms with Crippen LogP contribution >= 0.6 is 0 Å². The summed E-state index contributed by atoms with van der Waals surface area (Å²) < 4.78 is 31.6. The number of ether oxygens (including phenoxy) is 3. The van der Waals surface area contributed by atoms with E-state index >= 15 is 0 Å². The van der Waals surface area contributed by atoms with E-state index in [0.717, 1.165) is 11.3 Å². The van der Waals surface area contributed by atoms with Gasteiger partial charge in [-0.1, -0.05) is 43.0 Å². The number of hydrogen-bond acceptors (Lipinski definition) is 6. The predicted molar refractivity (Wildman–Crippen MR) is 134 cm³/mol. The summed E-state index contributed by atoms with van der Waals surface area (Å²) in [5, 5.41) is 0. The molecule has 4 rings (SSSR count). The van der Waals surface area contributed by atoms with Crippen molar-refractivity contribution in [1.29, 1.82) is 0 Å². The number of carbonyl (C=O) groups is 1. The lowest BCUT2D eigenvalue weighted by Gasteiger charge is -2.21. The summed E-state index contributed by atoms with van der Waals surface area (Å²) in [5.74, 6) is 0.0447. The van der Waals surface area contributed by atoms with Crippen LogP contribution in [0.2, 0.25) is 0 Å². The molecule has 0 radical (unpaired) electrons. The van der Waals surface area contributed by atoms with Crippen LogP contribution in [0.5, 0.6) is 11.5 Å². The smallest absolute Gasteiger partial charge is 0.343 e. The molecule has 0 bridgehead atoms. The SMILES string of the molecule is C=CCOc1ccccc1CN1CCc2c(C(=O)OC)c(OCc3ccc(F)cc3)cc(=O)n2CC1. The molecule has 0 amide bonds. The van der Waals surface area contributed by atoms with E-state index in [0.29, 0.717) is 50.5 Å². The summed E-state index contributed by atoms with van der Waals surface area (Å²) in [4.78, 5) is 28.1. The van der Waals surface area contributed by atoms with Crippen molar-refractivity contribution in [1.82, 2.24) is 9.47 Å². The van der Waals surface area contributed by atoms with Gasteiger partial charge < -0.3 is 18.8 Å². The molecule has 1 aliphatic heterocycles. The number of esters is 1. The van der Waals surface area contributed by atoms with Gasteiger partial charge in [0.2, 0.25) is 0 Å². The molecule has 0 saturated carbocycles. The summed E-state index contributed by atoms with van der Waals surface area (Å²) in [6, 6.07) is 15.0. The number of fused-ring (bicyclic) bond motifs is 1. The zero-order chi connectivity index (χ0) is 25.5. The summed E-state index contributed by atoms with van der Waals surface area (Å²) >= 11 is 0. The Kier molecular flexibility index (Phi) is 8.17. The number of carbonyl (C=O) groups excluding carboxylic acids is 1. The third-order valence-electron chi connectivity index (χ3n) is 6.11. The minimum atomic E-state index is -0.565. The summed E-state index contributed by atoms with van der Waals surface area (Å²) in [7, 11) is 1.30. The Balaban J connectivity index is 1.58. The van der Waals surface area contributed by atoms with Crippen LogP contribution in [0, 0.1) is 5.82 Å². The van der Waals surface area contributed by atoms with E-state index in [1.807, 2.05) is 24.3 Å². The molecule has 3 aromatic rings. The molecular formula is C28H29FN2O5. The van der Waals surface area contributed by atoms with Crippen molar-refractivity contribution in [2.75, 3.05) is 26.8 Å². The molecule has 0 saturated heterocycles. The first kappa shape index (κ1) is 25.2. The number of methoxy groups -OCH3 is 1. The number of aromatic nitrogens is 1. The number of para-hydroxylation sites is 1. The van der Waals surface area contributed by atoms with Gasteiger partial charge in [-0.2, -0.15) is 0 Å². The highest BCUT2D eigenvalue weighted by Crippen LogP contribution is 2.26. The molecule has 0 fully saturated rings. The molecular weight excluding hydrogens is 463 g/mol. The van der Waals surface area contributed by atoms with Crippen LogP contribution < -0.4 is 15.0 Å². The van der Waals surface area contributed by atoms with Crippen molar-refractivity contribution >= 4 is 5.97 Å². The van der Waals surface area contributed by atoms with Gasteiger partial charge in [0.1, 0.15) is 36.1 Å². The highest BCUT2D eigenvalue weighted by Gasteiger charge is 2.26. The van der Waals surface area contributed by atoms with E-state index in [4.69, 9.17) is 14.2 Å². The molecule has 1 aliphatic rings. The normalized spacial score (nSPS) is 13.4. The molecule has 0 spiro atoms. The molecule has 2 aromatic carbocycles. The Morgan fingerprint density at radius 1 is 1.06 bits per heavy atom. The molecule has 188 valence electrons. The fraction of sp³-hybridized carbons (Fsp3) is 0.286. The quantitative estimate of drug-likeness (QED) is 0.333. The third-order valence-corrected chi connectivity index (χ3v) is 6.11. The zero-order valence-electron chi connectivity index (χ0n) is 20.2. The predicted octanol–water partition coefficient (Wildman–Crippen LogP) is 3.98. The molecule has 7 nitrogen and oxygen atoms in total. The van der Waals surface area contributed by atoms with Crippen LogP contribution in [0.25, 0.3) is 0 Å². The Morgan fingerprint density at radius 2 is 1.83 bits per heavy atom. The number of halogens is 1. The second-order valence-corrected chi connectivity index (χ2v) is 8.46. The zero-order valence-corrected chi connectivity index (χ0v) is 20.2. The lowest BCUT2D eigenvalue weighted by atomic mass is 10.1. The van der Waals surface area contributed by atoms with E-state index in [9.17, 15) is 14.0 Å². The largest absolute Gasteiger partial charge is 0.489 e. The van der Waals surface area contributed by atoms with Crippen molar-refractivity contribution in [3.8, 4) is 11.5 Å². The molecule has 0 unspecified atom stereocenters. The van der Waals surface area contributed by atoms with Gasteiger partial charge >= 0.3 is 5.97 Å². The van der Waals surface area contributed by atoms with E-state index in [2.05, 4.69) is 11.5 Å². The minimum absolute atomic E-state index is 0.0841. The molecule has 1 aromatic heterocycles. The van der Waals surface area contributed by atoms with Crippen LogP contribution in [-0.2, 0) is 30.9 Å². The van der Waals surface area contributed by atoms with Crippen LogP contribution in [-0.4, -0.2) is 42.2 Å². The molecule has 2 heterocycles. The second kappa shape index (κ2) is 11.7. The molecule has 8 heteroatoms. The van der Waals surface area contributed by atoms with Crippen molar-refractivity contribution in [3.05, 3.63) is 106 Å². The number of benzene rings is 2. The highest BCUT2D eigenvalue weighted by atomic mass is 19.1. The first-order valence-electron chi connectivity index (χ1n) is 11.8. The Bertz CT molecular complexity index is 1290. The fourth-order valence-electron chi connectivity index (χ4n) is 4.29. The lowest BCUT2D eigenvalue weighted by Crippen LogP contribution is -2.29. The van der Waals surface area contributed by atoms with Gasteiger partial charge in [0.05, 0.1) is 7.11 Å². The van der Waals surface area contributed by atoms with E-state index < -0.39 is 5.97 Å². The number of rotatable bonds is 9. The number of hydrogen-bond donors (Lipinski definition) is 0. The average Bonchev–Trinajstić information content (AvgIpc) is 3.10. The van der Waals surface area contributed by atoms with Gasteiger partial charge in [-0.3, -0.25) is 9.69 Å². The van der Waals surface area contributed by atoms with E-state index in [-0.39, 0.29) is 29.3 Å². The molecule has 0 N–H and O–H groups in total. The van der Waals surface area contributed by atoms with E-state index in [1.165, 1.54) is 25.3 Å². The first-order chi connectivity index (χ1) is 17.5. The van der Waals surface area contributed by atoms with Crippen LogP contribution in [0.3, 0.4) is 0 Å². The Hall–Kier alpha value is -3.91. The maximum absolute atomic E-state index is 13.2. The lowest BCUT2D eigenvalue weighted by molar-refractivity contribution is 0.0592. The summed E-state index contributed by atoms with van der Waals surface area (Å²) in [6.07, 6.45) is 2.17. The second-order valence-electron chi connectivity index (χ2n) is 8.46. The summed E-state index contributed by atoms with van der Waals surface area (Å²) in [6.45, 7) is 6.51. The number of nitrogens with zero attached hydrogens (tertiary/aromatic N) is 2. The third kappa shape index (κ3) is 5.83. The van der Waals surface area contributed by atoms with Gasteiger partial charge in [0.15, 0.2) is 0 Å². The van der Waals surface area contributed by atoms with Gasteiger partial charge in [-0.15, -0.1) is 0 Å². The van der Waals surface area contributed by atoms with Gasteiger partial charge in [0, 0.05) is 49.9 Å². The Labute approximate surface area is 209 Å². The highest BCUT2D eigenvalue weighted by molar-refractivity contribution is 5.93. The van der Waals surface area contributed by atoms with E-state index in [1.54, 1.807) is 22.8 Å². The van der Waals surface area contributed by atoms with Crippen molar-refractivity contribution in [2.24, 2.45) is 0 Å². The molecule has 36 heavy (non-hydrogen) atoms. The van der Waals surface area contributed by atoms with Crippen LogP contribution in [0.1, 0.15) is 27.2 Å². The summed E-state index contributed by atoms with van der Waals surface area (Å²) in [5.41, 5.74) is 2.33. The van der Waals surface area contributed by atoms with Crippen molar-refractivity contribution in [3.63, 3.8) is 0 Å². The minimum Gasteiger partial charge on any atom is -0.489 e. The number of pyridine rings is 1. The maximum atomic E-state index is 13.2. The van der Waals surface area contributed by atoms with Gasteiger partial charge in [-0.25, -0.2) is 9.18 Å². The van der Waals surface area contributed by atoms with Crippen LogP contribution in [0.4, 0.5) is 4.39 Å². The van der Waals surface area contributed by atoms with Gasteiger partial charge in [0.25, 0.3) is 5.56 Å². The Morgan fingerprint density at radius 3 is 2.58 bits per heavy atom. The first-order valence-corrected chi connectivity index (χ1v) is 11.8. The van der Waals surface area contributed by atoms with Crippen LogP contribution in [0.15, 0.2) is 72.0 Å². The molecule has 0 aliphatic carbocycles. The fourth-order valence-corrected chi connectivity index (χ4v) is 4.29. The topological polar surface area (TPSA) is 70.0 Å². The average molecular weight is 493 g/mol. The molecule has 0 atom stereocenters. The monoisotopic (exact) mass is 492 g/mol.